The molecular formula is C17H24ClN3. The van der Waals surface area contributed by atoms with Crippen molar-refractivity contribution in [1.82, 2.24) is 9.55 Å². The second-order valence-corrected chi connectivity index (χ2v) is 7.84. The Morgan fingerprint density at radius 1 is 1.38 bits per heavy atom. The predicted molar refractivity (Wildman–Crippen MR) is 88.9 cm³/mol. The molecule has 0 radical (unpaired) electrons. The van der Waals surface area contributed by atoms with Crippen molar-refractivity contribution >= 4 is 22.6 Å². The summed E-state index contributed by atoms with van der Waals surface area (Å²) in [5.74, 6) is 1.45. The zero-order valence-corrected chi connectivity index (χ0v) is 13.8. The van der Waals surface area contributed by atoms with Gasteiger partial charge in [-0.2, -0.15) is 0 Å². The third kappa shape index (κ3) is 3.09. The summed E-state index contributed by atoms with van der Waals surface area (Å²) in [6.07, 6.45) is 3.54. The van der Waals surface area contributed by atoms with E-state index in [2.05, 4.69) is 31.4 Å². The van der Waals surface area contributed by atoms with E-state index in [1.54, 1.807) is 0 Å². The molecular weight excluding hydrogens is 282 g/mol. The van der Waals surface area contributed by atoms with E-state index in [9.17, 15) is 0 Å². The molecule has 1 aliphatic carbocycles. The highest BCUT2D eigenvalue weighted by atomic mass is 35.5. The zero-order valence-electron chi connectivity index (χ0n) is 13.1. The summed E-state index contributed by atoms with van der Waals surface area (Å²) in [5, 5.41) is 0.745. The fourth-order valence-electron chi connectivity index (χ4n) is 3.11. The van der Waals surface area contributed by atoms with Gasteiger partial charge in [-0.3, -0.25) is 0 Å². The van der Waals surface area contributed by atoms with Crippen LogP contribution in [0.4, 0.5) is 0 Å². The summed E-state index contributed by atoms with van der Waals surface area (Å²) in [7, 11) is 0. The van der Waals surface area contributed by atoms with Crippen LogP contribution < -0.4 is 5.73 Å². The van der Waals surface area contributed by atoms with Crippen molar-refractivity contribution in [1.29, 1.82) is 0 Å². The molecule has 1 atom stereocenters. The van der Waals surface area contributed by atoms with Gasteiger partial charge in [-0.25, -0.2) is 4.98 Å². The molecule has 0 bridgehead atoms. The molecule has 1 unspecified atom stereocenters. The predicted octanol–water partition coefficient (Wildman–Crippen LogP) is 4.50. The van der Waals surface area contributed by atoms with Crippen LogP contribution in [-0.4, -0.2) is 16.1 Å². The average Bonchev–Trinajstić information content (AvgIpc) is 3.16. The van der Waals surface area contributed by atoms with Crippen molar-refractivity contribution < 1.29 is 0 Å². The normalized spacial score (nSPS) is 17.4. The summed E-state index contributed by atoms with van der Waals surface area (Å²) in [4.78, 5) is 4.89. The minimum atomic E-state index is 0.244. The van der Waals surface area contributed by atoms with Crippen molar-refractivity contribution in [2.75, 3.05) is 6.54 Å². The molecule has 2 N–H and O–H groups in total. The standard InChI is InChI=1S/C17H24ClN3/c1-17(2,3)9-11(10-19)16-20-14-8-12(18)4-7-15(14)21(16)13-5-6-13/h4,7-8,11,13H,5-6,9-10,19H2,1-3H3. The van der Waals surface area contributed by atoms with Crippen LogP contribution in [0.25, 0.3) is 11.0 Å². The Bertz CT molecular complexity index is 650. The number of nitrogens with two attached hydrogens (primary N) is 1. The van der Waals surface area contributed by atoms with Gasteiger partial charge in [-0.15, -0.1) is 0 Å². The second-order valence-electron chi connectivity index (χ2n) is 7.40. The first kappa shape index (κ1) is 14.9. The number of rotatable bonds is 4. The molecule has 1 aromatic carbocycles. The minimum absolute atomic E-state index is 0.244. The maximum Gasteiger partial charge on any atom is 0.114 e. The summed E-state index contributed by atoms with van der Waals surface area (Å²) in [6.45, 7) is 7.42. The van der Waals surface area contributed by atoms with E-state index in [0.717, 1.165) is 22.8 Å². The number of hydrogen-bond donors (Lipinski definition) is 1. The van der Waals surface area contributed by atoms with Crippen LogP contribution >= 0.6 is 11.6 Å². The van der Waals surface area contributed by atoms with Gasteiger partial charge in [0.15, 0.2) is 0 Å². The molecule has 3 rings (SSSR count). The van der Waals surface area contributed by atoms with Gasteiger partial charge in [0.2, 0.25) is 0 Å². The first-order valence-electron chi connectivity index (χ1n) is 7.76. The Morgan fingerprint density at radius 2 is 2.10 bits per heavy atom. The van der Waals surface area contributed by atoms with Gasteiger partial charge in [0.1, 0.15) is 5.82 Å². The van der Waals surface area contributed by atoms with Crippen LogP contribution in [0.5, 0.6) is 0 Å². The van der Waals surface area contributed by atoms with Crippen LogP contribution in [0.3, 0.4) is 0 Å². The van der Waals surface area contributed by atoms with E-state index < -0.39 is 0 Å². The fraction of sp³-hybridized carbons (Fsp3) is 0.588. The molecule has 114 valence electrons. The molecule has 1 fully saturated rings. The highest BCUT2D eigenvalue weighted by Crippen LogP contribution is 2.42. The van der Waals surface area contributed by atoms with Crippen molar-refractivity contribution in [3.8, 4) is 0 Å². The van der Waals surface area contributed by atoms with E-state index in [1.807, 2.05) is 12.1 Å². The Hall–Kier alpha value is -1.06. The van der Waals surface area contributed by atoms with E-state index in [1.165, 1.54) is 18.4 Å². The van der Waals surface area contributed by atoms with Gasteiger partial charge < -0.3 is 10.3 Å². The quantitative estimate of drug-likeness (QED) is 0.903. The van der Waals surface area contributed by atoms with Crippen molar-refractivity contribution in [3.63, 3.8) is 0 Å². The lowest BCUT2D eigenvalue weighted by Gasteiger charge is -2.25. The van der Waals surface area contributed by atoms with Crippen LogP contribution in [0.15, 0.2) is 18.2 Å². The number of aromatic nitrogens is 2. The van der Waals surface area contributed by atoms with Gasteiger partial charge in [0, 0.05) is 23.5 Å². The maximum absolute atomic E-state index is 6.12. The third-order valence-electron chi connectivity index (χ3n) is 4.10. The Balaban J connectivity index is 2.09. The SMILES string of the molecule is CC(C)(C)CC(CN)c1nc2cc(Cl)ccc2n1C1CC1. The molecule has 0 aliphatic heterocycles. The van der Waals surface area contributed by atoms with Gasteiger partial charge in [0.25, 0.3) is 0 Å². The molecule has 0 saturated heterocycles. The van der Waals surface area contributed by atoms with Crippen LogP contribution in [0.2, 0.25) is 5.02 Å². The van der Waals surface area contributed by atoms with Gasteiger partial charge in [-0.05, 0) is 42.9 Å². The lowest BCUT2D eigenvalue weighted by atomic mass is 9.84. The number of hydrogen-bond acceptors (Lipinski definition) is 2. The van der Waals surface area contributed by atoms with Gasteiger partial charge >= 0.3 is 0 Å². The van der Waals surface area contributed by atoms with E-state index in [4.69, 9.17) is 22.3 Å². The summed E-state index contributed by atoms with van der Waals surface area (Å²) >= 11 is 6.12. The Kier molecular flexibility index (Phi) is 3.74. The van der Waals surface area contributed by atoms with Crippen LogP contribution in [0.1, 0.15) is 57.8 Å². The molecule has 2 aromatic rings. The van der Waals surface area contributed by atoms with Gasteiger partial charge in [-0.1, -0.05) is 32.4 Å². The molecule has 1 saturated carbocycles. The molecule has 3 nitrogen and oxygen atoms in total. The van der Waals surface area contributed by atoms with Crippen molar-refractivity contribution in [2.24, 2.45) is 11.1 Å². The largest absolute Gasteiger partial charge is 0.330 e. The number of nitrogens with zero attached hydrogens (tertiary/aromatic N) is 2. The number of halogens is 1. The highest BCUT2D eigenvalue weighted by Gasteiger charge is 2.32. The fourth-order valence-corrected chi connectivity index (χ4v) is 3.28. The van der Waals surface area contributed by atoms with E-state index in [-0.39, 0.29) is 5.41 Å². The number of fused-ring (bicyclic) bond motifs is 1. The zero-order chi connectivity index (χ0) is 15.2. The van der Waals surface area contributed by atoms with Gasteiger partial charge in [0.05, 0.1) is 11.0 Å². The molecule has 1 aromatic heterocycles. The number of imidazole rings is 1. The van der Waals surface area contributed by atoms with Crippen molar-refractivity contribution in [3.05, 3.63) is 29.0 Å². The lowest BCUT2D eigenvalue weighted by Crippen LogP contribution is -2.22. The second kappa shape index (κ2) is 5.29. The summed E-state index contributed by atoms with van der Waals surface area (Å²) in [6, 6.07) is 6.61. The molecule has 21 heavy (non-hydrogen) atoms. The highest BCUT2D eigenvalue weighted by molar-refractivity contribution is 6.31. The summed E-state index contributed by atoms with van der Waals surface area (Å²) in [5.41, 5.74) is 8.51. The lowest BCUT2D eigenvalue weighted by molar-refractivity contribution is 0.332. The monoisotopic (exact) mass is 305 g/mol. The summed E-state index contributed by atoms with van der Waals surface area (Å²) < 4.78 is 2.41. The average molecular weight is 306 g/mol. The van der Waals surface area contributed by atoms with E-state index in [0.29, 0.717) is 18.5 Å². The molecule has 1 aliphatic rings. The maximum atomic E-state index is 6.12. The van der Waals surface area contributed by atoms with E-state index >= 15 is 0 Å². The topological polar surface area (TPSA) is 43.8 Å². The first-order chi connectivity index (χ1) is 9.89. The van der Waals surface area contributed by atoms with Crippen LogP contribution in [-0.2, 0) is 0 Å². The molecule has 1 heterocycles. The first-order valence-corrected chi connectivity index (χ1v) is 8.14. The Labute approximate surface area is 131 Å². The number of benzene rings is 1. The van der Waals surface area contributed by atoms with Crippen LogP contribution in [0, 0.1) is 5.41 Å². The van der Waals surface area contributed by atoms with Crippen molar-refractivity contribution in [2.45, 2.75) is 52.0 Å². The minimum Gasteiger partial charge on any atom is -0.330 e. The molecule has 4 heteroatoms. The Morgan fingerprint density at radius 3 is 2.67 bits per heavy atom. The third-order valence-corrected chi connectivity index (χ3v) is 4.33. The molecule has 0 spiro atoms. The smallest absolute Gasteiger partial charge is 0.114 e. The molecule has 0 amide bonds.